The van der Waals surface area contributed by atoms with Gasteiger partial charge in [0.05, 0.1) is 11.1 Å². The molecule has 0 saturated carbocycles. The predicted molar refractivity (Wildman–Crippen MR) is 83.6 cm³/mol. The second kappa shape index (κ2) is 7.98. The Morgan fingerprint density at radius 1 is 0.857 bits per heavy atom. The molecule has 28 heavy (non-hydrogen) atoms. The standard InChI is InChI=1S/C15H15F6N.C2H2O4/c16-14(17,18)11-5-10(6-12(7-11)15(19,20)21)13-8-22-3-1-9(13)2-4-22;3-1(4)2(5)6/h5-7,9,13H,1-4,8H2;(H,3,4)(H,5,6). The van der Waals surface area contributed by atoms with Crippen LogP contribution in [0.4, 0.5) is 26.3 Å². The first-order chi connectivity index (χ1) is 12.8. The van der Waals surface area contributed by atoms with Gasteiger partial charge in [0.1, 0.15) is 0 Å². The van der Waals surface area contributed by atoms with E-state index in [9.17, 15) is 26.3 Å². The molecule has 11 heteroatoms. The number of carboxylic acid groups (broad SMARTS) is 2. The molecule has 1 atom stereocenters. The van der Waals surface area contributed by atoms with Gasteiger partial charge in [0, 0.05) is 6.54 Å². The maximum absolute atomic E-state index is 12.9. The SMILES string of the molecule is FC(F)(F)c1cc(C2CN3CCC2CC3)cc(C(F)(F)F)c1.O=C(O)C(=O)O. The van der Waals surface area contributed by atoms with Crippen molar-refractivity contribution in [1.29, 1.82) is 0 Å². The van der Waals surface area contributed by atoms with E-state index < -0.39 is 35.4 Å². The van der Waals surface area contributed by atoms with Crippen molar-refractivity contribution in [1.82, 2.24) is 4.90 Å². The summed E-state index contributed by atoms with van der Waals surface area (Å²) in [6, 6.07) is 1.98. The number of carboxylic acids is 2. The maximum Gasteiger partial charge on any atom is 0.416 e. The highest BCUT2D eigenvalue weighted by Crippen LogP contribution is 2.43. The molecule has 3 aliphatic rings. The Bertz CT molecular complexity index is 694. The van der Waals surface area contributed by atoms with E-state index in [1.807, 2.05) is 0 Å². The second-order valence-electron chi connectivity index (χ2n) is 6.69. The Kier molecular flexibility index (Phi) is 6.27. The molecular formula is C17H17F6NO4. The van der Waals surface area contributed by atoms with Crippen LogP contribution in [-0.4, -0.2) is 46.7 Å². The van der Waals surface area contributed by atoms with E-state index in [0.717, 1.165) is 38.1 Å². The summed E-state index contributed by atoms with van der Waals surface area (Å²) < 4.78 is 77.5. The third-order valence-corrected chi connectivity index (χ3v) is 4.88. The van der Waals surface area contributed by atoms with Crippen LogP contribution in [-0.2, 0) is 21.9 Å². The van der Waals surface area contributed by atoms with Gasteiger partial charge in [-0.25, -0.2) is 9.59 Å². The molecule has 1 aromatic carbocycles. The predicted octanol–water partition coefficient (Wildman–Crippen LogP) is 3.69. The first-order valence-electron chi connectivity index (χ1n) is 8.27. The van der Waals surface area contributed by atoms with Gasteiger partial charge in [0.2, 0.25) is 0 Å². The van der Waals surface area contributed by atoms with Crippen molar-refractivity contribution in [2.75, 3.05) is 19.6 Å². The highest BCUT2D eigenvalue weighted by atomic mass is 19.4. The lowest BCUT2D eigenvalue weighted by Crippen LogP contribution is -2.46. The number of benzene rings is 1. The molecule has 0 aliphatic carbocycles. The Morgan fingerprint density at radius 3 is 1.57 bits per heavy atom. The minimum atomic E-state index is -4.77. The van der Waals surface area contributed by atoms with Crippen LogP contribution < -0.4 is 0 Å². The summed E-state index contributed by atoms with van der Waals surface area (Å²) in [5.74, 6) is -3.72. The summed E-state index contributed by atoms with van der Waals surface area (Å²) in [6.07, 6.45) is -7.88. The summed E-state index contributed by atoms with van der Waals surface area (Å²) >= 11 is 0. The lowest BCUT2D eigenvalue weighted by molar-refractivity contribution is -0.159. The molecule has 0 aromatic heterocycles. The fraction of sp³-hybridized carbons (Fsp3) is 0.529. The molecule has 0 radical (unpaired) electrons. The first kappa shape index (κ1) is 22.0. The molecule has 2 N–H and O–H groups in total. The van der Waals surface area contributed by atoms with Gasteiger partial charge in [-0.15, -0.1) is 0 Å². The highest BCUT2D eigenvalue weighted by molar-refractivity contribution is 6.27. The third-order valence-electron chi connectivity index (χ3n) is 4.88. The van der Waals surface area contributed by atoms with Crippen LogP contribution in [0.2, 0.25) is 0 Å². The van der Waals surface area contributed by atoms with Gasteiger partial charge in [-0.2, -0.15) is 26.3 Å². The first-order valence-corrected chi connectivity index (χ1v) is 8.27. The molecule has 5 nitrogen and oxygen atoms in total. The molecule has 156 valence electrons. The molecule has 3 heterocycles. The fourth-order valence-electron chi connectivity index (χ4n) is 3.54. The van der Waals surface area contributed by atoms with E-state index in [2.05, 4.69) is 4.90 Å². The lowest BCUT2D eigenvalue weighted by Gasteiger charge is -2.45. The van der Waals surface area contributed by atoms with Crippen molar-refractivity contribution < 1.29 is 46.1 Å². The van der Waals surface area contributed by atoms with E-state index in [4.69, 9.17) is 19.8 Å². The van der Waals surface area contributed by atoms with Crippen molar-refractivity contribution >= 4 is 11.9 Å². The van der Waals surface area contributed by atoms with Gasteiger partial charge in [0.15, 0.2) is 0 Å². The number of halogens is 6. The highest BCUT2D eigenvalue weighted by Gasteiger charge is 2.40. The number of hydrogen-bond donors (Lipinski definition) is 2. The number of rotatable bonds is 1. The van der Waals surface area contributed by atoms with Gasteiger partial charge in [-0.05, 0) is 61.5 Å². The molecule has 1 unspecified atom stereocenters. The summed E-state index contributed by atoms with van der Waals surface area (Å²) in [5.41, 5.74) is -2.26. The molecule has 1 aromatic rings. The Labute approximate surface area is 155 Å². The lowest BCUT2D eigenvalue weighted by atomic mass is 9.75. The van der Waals surface area contributed by atoms with E-state index >= 15 is 0 Å². The number of aliphatic carboxylic acids is 2. The van der Waals surface area contributed by atoms with Crippen molar-refractivity contribution in [3.63, 3.8) is 0 Å². The zero-order valence-electron chi connectivity index (χ0n) is 14.3. The largest absolute Gasteiger partial charge is 0.473 e. The van der Waals surface area contributed by atoms with Crippen molar-refractivity contribution in [3.8, 4) is 0 Å². The molecule has 4 rings (SSSR count). The van der Waals surface area contributed by atoms with Crippen molar-refractivity contribution in [2.24, 2.45) is 5.92 Å². The number of alkyl halides is 6. The fourth-order valence-corrected chi connectivity index (χ4v) is 3.54. The monoisotopic (exact) mass is 413 g/mol. The van der Waals surface area contributed by atoms with E-state index in [0.29, 0.717) is 6.54 Å². The normalized spacial score (nSPS) is 24.3. The average Bonchev–Trinajstić information content (AvgIpc) is 2.61. The molecule has 2 bridgehead atoms. The van der Waals surface area contributed by atoms with Crippen LogP contribution in [0.3, 0.4) is 0 Å². The maximum atomic E-state index is 12.9. The molecule has 3 aliphatic heterocycles. The van der Waals surface area contributed by atoms with Crippen LogP contribution in [0, 0.1) is 5.92 Å². The van der Waals surface area contributed by atoms with Crippen LogP contribution in [0.15, 0.2) is 18.2 Å². The van der Waals surface area contributed by atoms with Crippen LogP contribution in [0.5, 0.6) is 0 Å². The van der Waals surface area contributed by atoms with Crippen LogP contribution in [0.25, 0.3) is 0 Å². The summed E-state index contributed by atoms with van der Waals surface area (Å²) in [6.45, 7) is 2.31. The quantitative estimate of drug-likeness (QED) is 0.543. The molecule has 0 spiro atoms. The topological polar surface area (TPSA) is 77.8 Å². The van der Waals surface area contributed by atoms with E-state index in [1.54, 1.807) is 0 Å². The second-order valence-corrected chi connectivity index (χ2v) is 6.69. The van der Waals surface area contributed by atoms with Gasteiger partial charge < -0.3 is 15.1 Å². The zero-order chi connectivity index (χ0) is 21.3. The molecule has 0 amide bonds. The number of carbonyl (C=O) groups is 2. The average molecular weight is 413 g/mol. The molecular weight excluding hydrogens is 396 g/mol. The van der Waals surface area contributed by atoms with Gasteiger partial charge >= 0.3 is 24.3 Å². The zero-order valence-corrected chi connectivity index (χ0v) is 14.3. The molecule has 3 saturated heterocycles. The van der Waals surface area contributed by atoms with Gasteiger partial charge in [-0.3, -0.25) is 0 Å². The number of hydrogen-bond acceptors (Lipinski definition) is 3. The van der Waals surface area contributed by atoms with E-state index in [-0.39, 0.29) is 23.5 Å². The van der Waals surface area contributed by atoms with Crippen molar-refractivity contribution in [3.05, 3.63) is 34.9 Å². The number of fused-ring (bicyclic) bond motifs is 3. The van der Waals surface area contributed by atoms with Gasteiger partial charge in [-0.1, -0.05) is 0 Å². The third kappa shape index (κ3) is 5.37. The Morgan fingerprint density at radius 2 is 1.29 bits per heavy atom. The van der Waals surface area contributed by atoms with Gasteiger partial charge in [0.25, 0.3) is 0 Å². The molecule has 3 fully saturated rings. The van der Waals surface area contributed by atoms with Crippen LogP contribution in [0.1, 0.15) is 35.4 Å². The van der Waals surface area contributed by atoms with Crippen LogP contribution >= 0.6 is 0 Å². The van der Waals surface area contributed by atoms with Crippen molar-refractivity contribution in [2.45, 2.75) is 31.1 Å². The summed E-state index contributed by atoms with van der Waals surface area (Å²) in [7, 11) is 0. The summed E-state index contributed by atoms with van der Waals surface area (Å²) in [5, 5.41) is 14.8. The number of nitrogens with zero attached hydrogens (tertiary/aromatic N) is 1. The number of piperidine rings is 3. The minimum Gasteiger partial charge on any atom is -0.473 e. The Balaban J connectivity index is 0.000000409. The minimum absolute atomic E-state index is 0.163. The van der Waals surface area contributed by atoms with E-state index in [1.165, 1.54) is 0 Å². The smallest absolute Gasteiger partial charge is 0.416 e. The summed E-state index contributed by atoms with van der Waals surface area (Å²) in [4.78, 5) is 20.3. The Hall–Kier alpha value is -2.30.